The summed E-state index contributed by atoms with van der Waals surface area (Å²) in [6.45, 7) is 0.297. The van der Waals surface area contributed by atoms with Gasteiger partial charge in [-0.15, -0.1) is 0 Å². The molecule has 6 nitrogen and oxygen atoms in total. The van der Waals surface area contributed by atoms with Crippen LogP contribution in [0, 0.1) is 5.82 Å². The summed E-state index contributed by atoms with van der Waals surface area (Å²) in [5, 5.41) is 7.04. The van der Waals surface area contributed by atoms with Gasteiger partial charge in [0.2, 0.25) is 11.7 Å². The molecule has 0 fully saturated rings. The van der Waals surface area contributed by atoms with E-state index in [-0.39, 0.29) is 5.82 Å². The van der Waals surface area contributed by atoms with Crippen molar-refractivity contribution in [2.24, 2.45) is 0 Å². The molecule has 2 aromatic carbocycles. The molecule has 3 aromatic rings. The summed E-state index contributed by atoms with van der Waals surface area (Å²) in [5.74, 6) is 1.70. The normalized spacial score (nSPS) is 10.5. The first kappa shape index (κ1) is 15.8. The Bertz CT molecular complexity index is 818. The van der Waals surface area contributed by atoms with Crippen LogP contribution in [-0.2, 0) is 6.54 Å². The number of aromatic nitrogens is 2. The maximum Gasteiger partial charge on any atom is 0.246 e. The van der Waals surface area contributed by atoms with Crippen molar-refractivity contribution in [2.45, 2.75) is 6.54 Å². The summed E-state index contributed by atoms with van der Waals surface area (Å²) in [6.07, 6.45) is 0. The molecule has 0 spiro atoms. The highest BCUT2D eigenvalue weighted by Gasteiger charge is 2.10. The van der Waals surface area contributed by atoms with Crippen molar-refractivity contribution in [1.82, 2.24) is 10.1 Å². The fourth-order valence-electron chi connectivity index (χ4n) is 2.17. The molecule has 0 saturated carbocycles. The second-order valence-electron chi connectivity index (χ2n) is 4.94. The van der Waals surface area contributed by atoms with Crippen molar-refractivity contribution in [2.75, 3.05) is 19.5 Å². The zero-order valence-corrected chi connectivity index (χ0v) is 13.2. The van der Waals surface area contributed by atoms with Crippen LogP contribution in [0.3, 0.4) is 0 Å². The van der Waals surface area contributed by atoms with Crippen LogP contribution in [0.5, 0.6) is 11.5 Å². The molecule has 0 aliphatic rings. The molecular formula is C17H16FN3O3. The molecule has 0 unspecified atom stereocenters. The highest BCUT2D eigenvalue weighted by atomic mass is 19.1. The molecule has 0 amide bonds. The standard InChI is InChI=1S/C17H16FN3O3/c1-22-13-6-3-11(4-7-13)17-20-16(24-21-17)10-19-14-8-5-12(18)9-15(14)23-2/h3-9,19H,10H2,1-2H3. The lowest BCUT2D eigenvalue weighted by molar-refractivity contribution is 0.383. The first-order chi connectivity index (χ1) is 11.7. The van der Waals surface area contributed by atoms with Crippen LogP contribution in [0.2, 0.25) is 0 Å². The number of anilines is 1. The molecule has 24 heavy (non-hydrogen) atoms. The average Bonchev–Trinajstić information content (AvgIpc) is 3.09. The lowest BCUT2D eigenvalue weighted by Crippen LogP contribution is -2.02. The molecule has 0 bridgehead atoms. The van der Waals surface area contributed by atoms with Crippen LogP contribution in [0.25, 0.3) is 11.4 Å². The van der Waals surface area contributed by atoms with Crippen LogP contribution in [0.1, 0.15) is 5.89 Å². The van der Waals surface area contributed by atoms with E-state index in [0.29, 0.717) is 29.7 Å². The average molecular weight is 329 g/mol. The Kier molecular flexibility index (Phi) is 4.60. The smallest absolute Gasteiger partial charge is 0.246 e. The summed E-state index contributed by atoms with van der Waals surface area (Å²) >= 11 is 0. The zero-order chi connectivity index (χ0) is 16.9. The Labute approximate surface area is 138 Å². The van der Waals surface area contributed by atoms with Crippen molar-refractivity contribution >= 4 is 5.69 Å². The number of methoxy groups -OCH3 is 2. The topological polar surface area (TPSA) is 69.4 Å². The van der Waals surface area contributed by atoms with E-state index >= 15 is 0 Å². The fourth-order valence-corrected chi connectivity index (χ4v) is 2.17. The van der Waals surface area contributed by atoms with Gasteiger partial charge in [-0.25, -0.2) is 4.39 Å². The molecule has 0 radical (unpaired) electrons. The Morgan fingerprint density at radius 3 is 2.58 bits per heavy atom. The maximum absolute atomic E-state index is 13.2. The van der Waals surface area contributed by atoms with Gasteiger partial charge >= 0.3 is 0 Å². The van der Waals surface area contributed by atoms with Crippen molar-refractivity contribution in [3.8, 4) is 22.9 Å². The van der Waals surface area contributed by atoms with E-state index in [2.05, 4.69) is 15.5 Å². The van der Waals surface area contributed by atoms with E-state index in [0.717, 1.165) is 11.3 Å². The first-order valence-corrected chi connectivity index (χ1v) is 7.24. The number of rotatable bonds is 6. The van der Waals surface area contributed by atoms with Crippen LogP contribution >= 0.6 is 0 Å². The third kappa shape index (κ3) is 3.45. The zero-order valence-electron chi connectivity index (χ0n) is 13.2. The van der Waals surface area contributed by atoms with Crippen molar-refractivity contribution in [3.05, 3.63) is 54.2 Å². The quantitative estimate of drug-likeness (QED) is 0.746. The van der Waals surface area contributed by atoms with E-state index in [1.807, 2.05) is 24.3 Å². The number of halogens is 1. The van der Waals surface area contributed by atoms with Crippen LogP contribution < -0.4 is 14.8 Å². The van der Waals surface area contributed by atoms with E-state index in [1.54, 1.807) is 13.2 Å². The predicted octanol–water partition coefficient (Wildman–Crippen LogP) is 3.51. The van der Waals surface area contributed by atoms with Gasteiger partial charge in [-0.1, -0.05) is 5.16 Å². The van der Waals surface area contributed by atoms with Gasteiger partial charge in [0, 0.05) is 11.6 Å². The molecule has 1 aromatic heterocycles. The molecule has 1 heterocycles. The van der Waals surface area contributed by atoms with Crippen LogP contribution in [0.4, 0.5) is 10.1 Å². The minimum atomic E-state index is -0.364. The van der Waals surface area contributed by atoms with E-state index in [9.17, 15) is 4.39 Å². The summed E-state index contributed by atoms with van der Waals surface area (Å²) < 4.78 is 28.7. The maximum atomic E-state index is 13.2. The van der Waals surface area contributed by atoms with Gasteiger partial charge < -0.3 is 19.3 Å². The Morgan fingerprint density at radius 1 is 1.08 bits per heavy atom. The SMILES string of the molecule is COc1ccc(-c2noc(CNc3ccc(F)cc3OC)n2)cc1. The van der Waals surface area contributed by atoms with Gasteiger partial charge in [0.05, 0.1) is 26.5 Å². The molecule has 0 atom stereocenters. The lowest BCUT2D eigenvalue weighted by Gasteiger charge is -2.09. The summed E-state index contributed by atoms with van der Waals surface area (Å²) in [5.41, 5.74) is 1.47. The predicted molar refractivity (Wildman–Crippen MR) is 86.6 cm³/mol. The Morgan fingerprint density at radius 2 is 1.88 bits per heavy atom. The molecule has 3 rings (SSSR count). The van der Waals surface area contributed by atoms with Gasteiger partial charge in [0.15, 0.2) is 0 Å². The first-order valence-electron chi connectivity index (χ1n) is 7.24. The molecule has 1 N–H and O–H groups in total. The second-order valence-corrected chi connectivity index (χ2v) is 4.94. The molecule has 0 aliphatic heterocycles. The second kappa shape index (κ2) is 6.99. The number of benzene rings is 2. The van der Waals surface area contributed by atoms with E-state index in [4.69, 9.17) is 14.0 Å². The molecular weight excluding hydrogens is 313 g/mol. The number of nitrogens with one attached hydrogen (secondary N) is 1. The fraction of sp³-hybridized carbons (Fsp3) is 0.176. The van der Waals surface area contributed by atoms with Crippen LogP contribution in [0.15, 0.2) is 47.0 Å². The van der Waals surface area contributed by atoms with Crippen molar-refractivity contribution in [3.63, 3.8) is 0 Å². The highest BCUT2D eigenvalue weighted by molar-refractivity contribution is 5.57. The monoisotopic (exact) mass is 329 g/mol. The van der Waals surface area contributed by atoms with Gasteiger partial charge in [0.25, 0.3) is 0 Å². The van der Waals surface area contributed by atoms with E-state index < -0.39 is 0 Å². The van der Waals surface area contributed by atoms with Gasteiger partial charge in [-0.2, -0.15) is 4.98 Å². The largest absolute Gasteiger partial charge is 0.497 e. The Hall–Kier alpha value is -3.09. The lowest BCUT2D eigenvalue weighted by atomic mass is 10.2. The number of nitrogens with zero attached hydrogens (tertiary/aromatic N) is 2. The Balaban J connectivity index is 1.70. The number of hydrogen-bond acceptors (Lipinski definition) is 6. The number of hydrogen-bond donors (Lipinski definition) is 1. The third-order valence-electron chi connectivity index (χ3n) is 3.41. The minimum Gasteiger partial charge on any atom is -0.497 e. The summed E-state index contributed by atoms with van der Waals surface area (Å²) in [7, 11) is 3.09. The summed E-state index contributed by atoms with van der Waals surface area (Å²) in [6, 6.07) is 11.6. The van der Waals surface area contributed by atoms with Gasteiger partial charge in [-0.05, 0) is 36.4 Å². The third-order valence-corrected chi connectivity index (χ3v) is 3.41. The van der Waals surface area contributed by atoms with Crippen molar-refractivity contribution in [1.29, 1.82) is 0 Å². The van der Waals surface area contributed by atoms with Crippen molar-refractivity contribution < 1.29 is 18.4 Å². The van der Waals surface area contributed by atoms with Gasteiger partial charge in [-0.3, -0.25) is 0 Å². The number of ether oxygens (including phenoxy) is 2. The molecule has 0 saturated heterocycles. The van der Waals surface area contributed by atoms with E-state index in [1.165, 1.54) is 19.2 Å². The molecule has 124 valence electrons. The minimum absolute atomic E-state index is 0.297. The van der Waals surface area contributed by atoms with Crippen LogP contribution in [-0.4, -0.2) is 24.4 Å². The summed E-state index contributed by atoms with van der Waals surface area (Å²) in [4.78, 5) is 4.33. The van der Waals surface area contributed by atoms with Gasteiger partial charge in [0.1, 0.15) is 17.3 Å². The molecule has 7 heteroatoms. The highest BCUT2D eigenvalue weighted by Crippen LogP contribution is 2.25. The molecule has 0 aliphatic carbocycles.